The van der Waals surface area contributed by atoms with Gasteiger partial charge in [0.05, 0.1) is 34.5 Å². The number of ether oxygens (including phenoxy) is 1. The van der Waals surface area contributed by atoms with Gasteiger partial charge in [-0.15, -0.1) is 0 Å². The molecule has 0 unspecified atom stereocenters. The molecular formula is C35H40N4O3. The number of nitrogens with one attached hydrogen (secondary N) is 1. The molecule has 4 bridgehead atoms. The Bertz CT molecular complexity index is 1580. The molecule has 42 heavy (non-hydrogen) atoms. The van der Waals surface area contributed by atoms with Gasteiger partial charge >= 0.3 is 5.97 Å². The number of nitrogens with zero attached hydrogens (tertiary/aromatic N) is 3. The first-order chi connectivity index (χ1) is 20.5. The Hall–Kier alpha value is -3.45. The van der Waals surface area contributed by atoms with Gasteiger partial charge in [0.15, 0.2) is 5.82 Å². The fourth-order valence-corrected chi connectivity index (χ4v) is 9.14. The van der Waals surface area contributed by atoms with Crippen molar-refractivity contribution in [2.45, 2.75) is 95.3 Å². The molecule has 2 aromatic heterocycles. The van der Waals surface area contributed by atoms with E-state index in [9.17, 15) is 9.90 Å². The predicted molar refractivity (Wildman–Crippen MR) is 161 cm³/mol. The minimum atomic E-state index is -0.940. The molecule has 5 aliphatic rings. The van der Waals surface area contributed by atoms with Crippen molar-refractivity contribution in [1.82, 2.24) is 19.5 Å². The van der Waals surface area contributed by atoms with Gasteiger partial charge < -0.3 is 19.4 Å². The molecule has 7 nitrogen and oxygen atoms in total. The smallest absolute Gasteiger partial charge is 0.335 e. The van der Waals surface area contributed by atoms with Crippen LogP contribution in [0.3, 0.4) is 0 Å². The summed E-state index contributed by atoms with van der Waals surface area (Å²) in [6.07, 6.45) is 13.8. The van der Waals surface area contributed by atoms with E-state index in [2.05, 4.69) is 39.9 Å². The van der Waals surface area contributed by atoms with E-state index in [-0.39, 0.29) is 11.2 Å². The fourth-order valence-electron chi connectivity index (χ4n) is 9.14. The maximum atomic E-state index is 11.7. The summed E-state index contributed by atoms with van der Waals surface area (Å²) in [7, 11) is 0. The van der Waals surface area contributed by atoms with E-state index >= 15 is 0 Å². The van der Waals surface area contributed by atoms with Crippen molar-refractivity contribution in [3.05, 3.63) is 71.2 Å². The number of carboxylic acids is 1. The summed E-state index contributed by atoms with van der Waals surface area (Å²) in [5, 5.41) is 9.56. The number of hydrogen-bond donors (Lipinski definition) is 2. The molecule has 7 heteroatoms. The number of aromatic nitrogens is 4. The van der Waals surface area contributed by atoms with Crippen LogP contribution in [0.2, 0.25) is 0 Å². The van der Waals surface area contributed by atoms with E-state index in [0.29, 0.717) is 18.3 Å². The third-order valence-electron chi connectivity index (χ3n) is 10.7. The summed E-state index contributed by atoms with van der Waals surface area (Å²) in [6.45, 7) is 1.27. The van der Waals surface area contributed by atoms with Gasteiger partial charge in [-0.3, -0.25) is 0 Å². The van der Waals surface area contributed by atoms with Crippen LogP contribution in [0.5, 0.6) is 0 Å². The van der Waals surface area contributed by atoms with Crippen LogP contribution in [0.1, 0.15) is 104 Å². The van der Waals surface area contributed by atoms with Crippen molar-refractivity contribution in [3.8, 4) is 11.5 Å². The summed E-state index contributed by atoms with van der Waals surface area (Å²) in [4.78, 5) is 25.4. The number of aromatic carboxylic acids is 1. The highest BCUT2D eigenvalue weighted by Crippen LogP contribution is 2.57. The average molecular weight is 565 g/mol. The SMILES string of the molecule is O=C(O)c1ccc2nc(-c3nc(C4CCCCC4)n(Cc4ccccc4)c3COC34CC5CC(CC(C5)C3)C4)[nH]c2c1. The lowest BCUT2D eigenvalue weighted by Gasteiger charge is -2.56. The van der Waals surface area contributed by atoms with Crippen molar-refractivity contribution in [2.75, 3.05) is 0 Å². The average Bonchev–Trinajstić information content (AvgIpc) is 3.57. The largest absolute Gasteiger partial charge is 0.478 e. The zero-order chi connectivity index (χ0) is 28.3. The van der Waals surface area contributed by atoms with Crippen LogP contribution in [-0.2, 0) is 17.9 Å². The van der Waals surface area contributed by atoms with E-state index in [1.807, 2.05) is 0 Å². The molecule has 0 aliphatic heterocycles. The minimum Gasteiger partial charge on any atom is -0.478 e. The van der Waals surface area contributed by atoms with E-state index in [1.54, 1.807) is 18.2 Å². The number of fused-ring (bicyclic) bond motifs is 1. The van der Waals surface area contributed by atoms with Gasteiger partial charge in [-0.2, -0.15) is 0 Å². The van der Waals surface area contributed by atoms with Crippen molar-refractivity contribution >= 4 is 17.0 Å². The summed E-state index contributed by atoms with van der Waals surface area (Å²) in [6, 6.07) is 15.8. The second-order valence-electron chi connectivity index (χ2n) is 13.7. The molecule has 218 valence electrons. The summed E-state index contributed by atoms with van der Waals surface area (Å²) < 4.78 is 9.56. The van der Waals surface area contributed by atoms with Crippen molar-refractivity contribution in [1.29, 1.82) is 0 Å². The highest BCUT2D eigenvalue weighted by atomic mass is 16.5. The minimum absolute atomic E-state index is 0.0108. The number of benzene rings is 2. The van der Waals surface area contributed by atoms with Crippen LogP contribution < -0.4 is 0 Å². The topological polar surface area (TPSA) is 93.0 Å². The van der Waals surface area contributed by atoms with Gasteiger partial charge in [-0.1, -0.05) is 49.6 Å². The van der Waals surface area contributed by atoms with Crippen molar-refractivity contribution in [2.24, 2.45) is 17.8 Å². The number of aromatic amines is 1. The molecule has 2 N–H and O–H groups in total. The molecule has 0 atom stereocenters. The Labute approximate surface area is 246 Å². The molecule has 5 fully saturated rings. The highest BCUT2D eigenvalue weighted by Gasteiger charge is 2.51. The third kappa shape index (κ3) is 4.76. The molecule has 9 rings (SSSR count). The molecular weight excluding hydrogens is 524 g/mol. The first-order valence-electron chi connectivity index (χ1n) is 16.0. The van der Waals surface area contributed by atoms with Crippen molar-refractivity contribution < 1.29 is 14.6 Å². The zero-order valence-electron chi connectivity index (χ0n) is 24.2. The van der Waals surface area contributed by atoms with E-state index in [4.69, 9.17) is 14.7 Å². The van der Waals surface area contributed by atoms with Gasteiger partial charge in [-0.05, 0) is 92.9 Å². The predicted octanol–water partition coefficient (Wildman–Crippen LogP) is 7.71. The lowest BCUT2D eigenvalue weighted by atomic mass is 9.54. The highest BCUT2D eigenvalue weighted by molar-refractivity contribution is 5.93. The molecule has 0 saturated heterocycles. The number of H-pyrrole nitrogens is 1. The van der Waals surface area contributed by atoms with Gasteiger partial charge in [0, 0.05) is 12.5 Å². The summed E-state index contributed by atoms with van der Waals surface area (Å²) in [5.41, 5.74) is 4.90. The molecule has 0 amide bonds. The maximum absolute atomic E-state index is 11.7. The molecule has 2 heterocycles. The first-order valence-corrected chi connectivity index (χ1v) is 16.0. The fraction of sp³-hybridized carbons (Fsp3) is 0.514. The second kappa shape index (κ2) is 10.4. The first kappa shape index (κ1) is 26.2. The second-order valence-corrected chi connectivity index (χ2v) is 13.7. The number of rotatable bonds is 8. The molecule has 2 aromatic carbocycles. The third-order valence-corrected chi connectivity index (χ3v) is 10.7. The van der Waals surface area contributed by atoms with Crippen LogP contribution in [0.15, 0.2) is 48.5 Å². The number of carbonyl (C=O) groups is 1. The van der Waals surface area contributed by atoms with Gasteiger partial charge in [0.2, 0.25) is 0 Å². The number of carboxylic acid groups (broad SMARTS) is 1. The molecule has 5 saturated carbocycles. The molecule has 4 aromatic rings. The Balaban J connectivity index is 1.23. The van der Waals surface area contributed by atoms with Crippen LogP contribution in [0.25, 0.3) is 22.6 Å². The Morgan fingerprint density at radius 1 is 0.952 bits per heavy atom. The van der Waals surface area contributed by atoms with Crippen LogP contribution in [0, 0.1) is 17.8 Å². The number of imidazole rings is 2. The normalized spacial score (nSPS) is 27.2. The lowest BCUT2D eigenvalue weighted by molar-refractivity contribution is -0.169. The van der Waals surface area contributed by atoms with Crippen LogP contribution in [-0.4, -0.2) is 36.2 Å². The van der Waals surface area contributed by atoms with Crippen molar-refractivity contribution in [3.63, 3.8) is 0 Å². The molecule has 0 spiro atoms. The maximum Gasteiger partial charge on any atom is 0.335 e. The number of hydrogen-bond acceptors (Lipinski definition) is 4. The van der Waals surface area contributed by atoms with E-state index in [1.165, 1.54) is 63.4 Å². The molecule has 0 radical (unpaired) electrons. The van der Waals surface area contributed by atoms with Gasteiger partial charge in [0.1, 0.15) is 11.5 Å². The Morgan fingerprint density at radius 2 is 1.67 bits per heavy atom. The quantitative estimate of drug-likeness (QED) is 0.229. The van der Waals surface area contributed by atoms with Crippen LogP contribution in [0.4, 0.5) is 0 Å². The van der Waals surface area contributed by atoms with Crippen LogP contribution >= 0.6 is 0 Å². The summed E-state index contributed by atoms with van der Waals surface area (Å²) in [5.74, 6) is 3.77. The van der Waals surface area contributed by atoms with E-state index in [0.717, 1.165) is 65.4 Å². The van der Waals surface area contributed by atoms with Gasteiger partial charge in [0.25, 0.3) is 0 Å². The Kier molecular flexibility index (Phi) is 6.47. The lowest BCUT2D eigenvalue weighted by Crippen LogP contribution is -2.51. The summed E-state index contributed by atoms with van der Waals surface area (Å²) >= 11 is 0. The monoisotopic (exact) mass is 564 g/mol. The molecule has 5 aliphatic carbocycles. The van der Waals surface area contributed by atoms with E-state index < -0.39 is 5.97 Å². The van der Waals surface area contributed by atoms with Gasteiger partial charge in [-0.25, -0.2) is 14.8 Å². The Morgan fingerprint density at radius 3 is 2.36 bits per heavy atom. The zero-order valence-corrected chi connectivity index (χ0v) is 24.2. The standard InChI is InChI=1S/C35H40N4O3/c40-34(41)27-11-12-28-29(16-27)37-32(36-28)31-30(21-42-35-17-23-13-24(18-35)15-25(14-23)19-35)39(20-22-7-3-1-4-8-22)33(38-31)26-9-5-2-6-10-26/h1,3-4,7-8,11-12,16,23-26H,2,5-6,9-10,13-15,17-21H2,(H,36,37)(H,40,41).